The van der Waals surface area contributed by atoms with Crippen molar-refractivity contribution in [3.05, 3.63) is 42.2 Å². The molecule has 0 aliphatic heterocycles. The van der Waals surface area contributed by atoms with Crippen LogP contribution in [0.4, 0.5) is 0 Å². The summed E-state index contributed by atoms with van der Waals surface area (Å²) in [5, 5.41) is 26.5. The van der Waals surface area contributed by atoms with Crippen molar-refractivity contribution < 1.29 is 10.2 Å². The summed E-state index contributed by atoms with van der Waals surface area (Å²) in [6.45, 7) is 3.44. The lowest BCUT2D eigenvalue weighted by Crippen LogP contribution is -2.23. The quantitative estimate of drug-likeness (QED) is 0.703. The number of phenols is 2. The Morgan fingerprint density at radius 1 is 1.39 bits per heavy atom. The Hall–Kier alpha value is -2.01. The SMILES string of the molecule is CC(NCCn1cccn1)c1cc(O)ccc1O. The van der Waals surface area contributed by atoms with Crippen LogP contribution in [0.5, 0.6) is 11.5 Å². The maximum atomic E-state index is 9.72. The molecular weight excluding hydrogens is 230 g/mol. The molecule has 0 amide bonds. The second-order valence-electron chi connectivity index (χ2n) is 4.19. The van der Waals surface area contributed by atoms with Crippen LogP contribution in [-0.4, -0.2) is 26.5 Å². The number of aromatic nitrogens is 2. The zero-order valence-corrected chi connectivity index (χ0v) is 10.2. The number of nitrogens with one attached hydrogen (secondary N) is 1. The van der Waals surface area contributed by atoms with E-state index in [1.54, 1.807) is 12.3 Å². The van der Waals surface area contributed by atoms with E-state index in [-0.39, 0.29) is 17.5 Å². The minimum Gasteiger partial charge on any atom is -0.508 e. The van der Waals surface area contributed by atoms with E-state index < -0.39 is 0 Å². The minimum absolute atomic E-state index is 0.0346. The normalized spacial score (nSPS) is 12.5. The van der Waals surface area contributed by atoms with Gasteiger partial charge in [0.05, 0.1) is 6.54 Å². The zero-order chi connectivity index (χ0) is 13.0. The van der Waals surface area contributed by atoms with Gasteiger partial charge in [-0.1, -0.05) is 0 Å². The van der Waals surface area contributed by atoms with Crippen LogP contribution < -0.4 is 5.32 Å². The van der Waals surface area contributed by atoms with E-state index in [4.69, 9.17) is 0 Å². The van der Waals surface area contributed by atoms with Crippen LogP contribution in [0.3, 0.4) is 0 Å². The summed E-state index contributed by atoms with van der Waals surface area (Å²) in [5.41, 5.74) is 0.690. The first-order chi connectivity index (χ1) is 8.66. The average Bonchev–Trinajstić information content (AvgIpc) is 2.85. The van der Waals surface area contributed by atoms with Crippen molar-refractivity contribution in [3.8, 4) is 11.5 Å². The van der Waals surface area contributed by atoms with Gasteiger partial charge < -0.3 is 15.5 Å². The fourth-order valence-electron chi connectivity index (χ4n) is 1.83. The van der Waals surface area contributed by atoms with E-state index in [1.165, 1.54) is 12.1 Å². The van der Waals surface area contributed by atoms with Crippen molar-refractivity contribution >= 4 is 0 Å². The molecule has 2 rings (SSSR count). The Kier molecular flexibility index (Phi) is 3.84. The van der Waals surface area contributed by atoms with Crippen LogP contribution in [0, 0.1) is 0 Å². The number of hydrogen-bond donors (Lipinski definition) is 3. The molecule has 96 valence electrons. The first-order valence-electron chi connectivity index (χ1n) is 5.89. The van der Waals surface area contributed by atoms with Crippen LogP contribution in [-0.2, 0) is 6.54 Å². The summed E-state index contributed by atoms with van der Waals surface area (Å²) in [4.78, 5) is 0. The highest BCUT2D eigenvalue weighted by Crippen LogP contribution is 2.27. The van der Waals surface area contributed by atoms with E-state index in [2.05, 4.69) is 10.4 Å². The summed E-state index contributed by atoms with van der Waals surface area (Å²) in [5.74, 6) is 0.343. The third-order valence-electron chi connectivity index (χ3n) is 2.83. The van der Waals surface area contributed by atoms with Gasteiger partial charge in [0.15, 0.2) is 0 Å². The molecule has 0 spiro atoms. The van der Waals surface area contributed by atoms with Gasteiger partial charge >= 0.3 is 0 Å². The lowest BCUT2D eigenvalue weighted by atomic mass is 10.1. The van der Waals surface area contributed by atoms with Crippen molar-refractivity contribution in [2.24, 2.45) is 0 Å². The molecule has 0 aliphatic rings. The Morgan fingerprint density at radius 3 is 2.94 bits per heavy atom. The minimum atomic E-state index is -0.0346. The van der Waals surface area contributed by atoms with Crippen molar-refractivity contribution in [2.45, 2.75) is 19.5 Å². The Bertz CT molecular complexity index is 497. The molecule has 1 aromatic heterocycles. The maximum absolute atomic E-state index is 9.72. The molecule has 18 heavy (non-hydrogen) atoms. The topological polar surface area (TPSA) is 70.3 Å². The van der Waals surface area contributed by atoms with E-state index in [0.29, 0.717) is 5.56 Å². The Balaban J connectivity index is 1.91. The third kappa shape index (κ3) is 3.01. The van der Waals surface area contributed by atoms with Crippen molar-refractivity contribution in [3.63, 3.8) is 0 Å². The highest BCUT2D eigenvalue weighted by Gasteiger charge is 2.10. The van der Waals surface area contributed by atoms with Crippen LogP contribution in [0.15, 0.2) is 36.7 Å². The molecule has 2 aromatic rings. The fraction of sp³-hybridized carbons (Fsp3) is 0.308. The molecule has 1 atom stereocenters. The molecule has 0 fully saturated rings. The Morgan fingerprint density at radius 2 is 2.22 bits per heavy atom. The summed E-state index contributed by atoms with van der Waals surface area (Å²) in [6.07, 6.45) is 3.64. The molecule has 5 heteroatoms. The largest absolute Gasteiger partial charge is 0.508 e. The van der Waals surface area contributed by atoms with Crippen LogP contribution in [0.25, 0.3) is 0 Å². The molecule has 0 bridgehead atoms. The van der Waals surface area contributed by atoms with Gasteiger partial charge in [-0.2, -0.15) is 5.10 Å². The molecule has 1 aromatic carbocycles. The second kappa shape index (κ2) is 5.55. The number of benzene rings is 1. The van der Waals surface area contributed by atoms with Gasteiger partial charge in [0.1, 0.15) is 11.5 Å². The number of hydrogen-bond acceptors (Lipinski definition) is 4. The summed E-state index contributed by atoms with van der Waals surface area (Å²) < 4.78 is 1.84. The maximum Gasteiger partial charge on any atom is 0.120 e. The number of nitrogens with zero attached hydrogens (tertiary/aromatic N) is 2. The highest BCUT2D eigenvalue weighted by molar-refractivity contribution is 5.40. The van der Waals surface area contributed by atoms with Gasteiger partial charge in [-0.15, -0.1) is 0 Å². The van der Waals surface area contributed by atoms with Gasteiger partial charge in [-0.3, -0.25) is 4.68 Å². The monoisotopic (exact) mass is 247 g/mol. The number of phenolic OH excluding ortho intramolecular Hbond substituents is 2. The van der Waals surface area contributed by atoms with Crippen LogP contribution >= 0.6 is 0 Å². The van der Waals surface area contributed by atoms with Crippen molar-refractivity contribution in [1.82, 2.24) is 15.1 Å². The number of rotatable bonds is 5. The molecule has 1 heterocycles. The van der Waals surface area contributed by atoms with E-state index in [0.717, 1.165) is 13.1 Å². The molecule has 0 aliphatic carbocycles. The molecule has 3 N–H and O–H groups in total. The highest BCUT2D eigenvalue weighted by atomic mass is 16.3. The molecule has 0 saturated heterocycles. The summed E-state index contributed by atoms with van der Waals surface area (Å²) in [7, 11) is 0. The molecule has 5 nitrogen and oxygen atoms in total. The smallest absolute Gasteiger partial charge is 0.120 e. The van der Waals surface area contributed by atoms with Gasteiger partial charge in [0.25, 0.3) is 0 Å². The molecule has 0 radical (unpaired) electrons. The first kappa shape index (κ1) is 12.4. The predicted octanol–water partition coefficient (Wildman–Crippen LogP) is 1.65. The van der Waals surface area contributed by atoms with Gasteiger partial charge in [-0.05, 0) is 31.2 Å². The van der Waals surface area contributed by atoms with Crippen LogP contribution in [0.2, 0.25) is 0 Å². The lowest BCUT2D eigenvalue weighted by Gasteiger charge is -2.15. The van der Waals surface area contributed by atoms with Crippen LogP contribution in [0.1, 0.15) is 18.5 Å². The third-order valence-corrected chi connectivity index (χ3v) is 2.83. The number of aromatic hydroxyl groups is 2. The standard InChI is InChI=1S/C13H17N3O2/c1-10(12-9-11(17)3-4-13(12)18)14-6-8-16-7-2-5-15-16/h2-5,7,9-10,14,17-18H,6,8H2,1H3. The first-order valence-corrected chi connectivity index (χ1v) is 5.89. The summed E-state index contributed by atoms with van der Waals surface area (Å²) >= 11 is 0. The predicted molar refractivity (Wildman–Crippen MR) is 68.4 cm³/mol. The van der Waals surface area contributed by atoms with Gasteiger partial charge in [0, 0.05) is 30.5 Å². The average molecular weight is 247 g/mol. The zero-order valence-electron chi connectivity index (χ0n) is 10.2. The van der Waals surface area contributed by atoms with Crippen molar-refractivity contribution in [1.29, 1.82) is 0 Å². The lowest BCUT2D eigenvalue weighted by molar-refractivity contribution is 0.436. The second-order valence-corrected chi connectivity index (χ2v) is 4.19. The van der Waals surface area contributed by atoms with Crippen molar-refractivity contribution in [2.75, 3.05) is 6.54 Å². The van der Waals surface area contributed by atoms with Gasteiger partial charge in [0.2, 0.25) is 0 Å². The Labute approximate surface area is 106 Å². The van der Waals surface area contributed by atoms with Gasteiger partial charge in [-0.25, -0.2) is 0 Å². The molecule has 0 saturated carbocycles. The van der Waals surface area contributed by atoms with E-state index in [9.17, 15) is 10.2 Å². The van der Waals surface area contributed by atoms with E-state index in [1.807, 2.05) is 23.9 Å². The fourth-order valence-corrected chi connectivity index (χ4v) is 1.83. The van der Waals surface area contributed by atoms with E-state index >= 15 is 0 Å². The summed E-state index contributed by atoms with van der Waals surface area (Å²) in [6, 6.07) is 6.38. The molecule has 1 unspecified atom stereocenters. The molecular formula is C13H17N3O2.